The fourth-order valence-corrected chi connectivity index (χ4v) is 2.64. The lowest BCUT2D eigenvalue weighted by Crippen LogP contribution is -2.38. The average molecular weight is 301 g/mol. The molecule has 1 aromatic carbocycles. The van der Waals surface area contributed by atoms with Crippen LogP contribution in [0.2, 0.25) is 0 Å². The molecule has 1 amide bonds. The molecule has 0 bridgehead atoms. The molecule has 0 aromatic heterocycles. The lowest BCUT2D eigenvalue weighted by atomic mass is 10.2. The van der Waals surface area contributed by atoms with E-state index in [1.165, 1.54) is 11.0 Å². The number of nitrogens with one attached hydrogen (secondary N) is 1. The third-order valence-electron chi connectivity index (χ3n) is 2.86. The summed E-state index contributed by atoms with van der Waals surface area (Å²) in [5, 5.41) is 3.10. The maximum absolute atomic E-state index is 13.7. The molecule has 1 saturated heterocycles. The van der Waals surface area contributed by atoms with Crippen molar-refractivity contribution in [2.45, 2.75) is 19.4 Å². The van der Waals surface area contributed by atoms with Crippen molar-refractivity contribution in [1.82, 2.24) is 5.32 Å². The van der Waals surface area contributed by atoms with Crippen molar-refractivity contribution in [1.29, 1.82) is 0 Å². The van der Waals surface area contributed by atoms with Gasteiger partial charge in [-0.1, -0.05) is 13.0 Å². The van der Waals surface area contributed by atoms with Crippen LogP contribution in [-0.2, 0) is 4.79 Å². The maximum Gasteiger partial charge on any atom is 0.244 e. The highest BCUT2D eigenvalue weighted by atomic mass is 79.9. The van der Waals surface area contributed by atoms with Gasteiger partial charge < -0.3 is 10.2 Å². The Kier molecular flexibility index (Phi) is 3.79. The van der Waals surface area contributed by atoms with Crippen LogP contribution in [0.3, 0.4) is 0 Å². The topological polar surface area (TPSA) is 32.3 Å². The first-order valence-corrected chi connectivity index (χ1v) is 6.43. The third-order valence-corrected chi connectivity index (χ3v) is 3.50. The smallest absolute Gasteiger partial charge is 0.244 e. The fraction of sp³-hybridized carbons (Fsp3) is 0.417. The summed E-state index contributed by atoms with van der Waals surface area (Å²) in [4.78, 5) is 13.6. The Bertz CT molecular complexity index is 418. The van der Waals surface area contributed by atoms with Crippen molar-refractivity contribution < 1.29 is 9.18 Å². The summed E-state index contributed by atoms with van der Waals surface area (Å²) in [6.07, 6.45) is 0.716. The van der Waals surface area contributed by atoms with Crippen molar-refractivity contribution in [2.24, 2.45) is 0 Å². The highest BCUT2D eigenvalue weighted by molar-refractivity contribution is 9.10. The minimum atomic E-state index is -0.370. The first kappa shape index (κ1) is 12.5. The van der Waals surface area contributed by atoms with E-state index in [2.05, 4.69) is 21.2 Å². The first-order valence-electron chi connectivity index (χ1n) is 5.64. The van der Waals surface area contributed by atoms with Gasteiger partial charge in [0.2, 0.25) is 5.91 Å². The summed E-state index contributed by atoms with van der Waals surface area (Å²) in [5.74, 6) is -0.428. The Morgan fingerprint density at radius 1 is 1.59 bits per heavy atom. The number of hydrogen-bond acceptors (Lipinski definition) is 2. The summed E-state index contributed by atoms with van der Waals surface area (Å²) in [7, 11) is 0. The molecule has 5 heteroatoms. The van der Waals surface area contributed by atoms with Crippen molar-refractivity contribution in [3.8, 4) is 0 Å². The van der Waals surface area contributed by atoms with Crippen LogP contribution in [0.15, 0.2) is 22.7 Å². The number of benzene rings is 1. The minimum Gasteiger partial charge on any atom is -0.307 e. The van der Waals surface area contributed by atoms with Crippen LogP contribution < -0.4 is 10.2 Å². The molecule has 1 fully saturated rings. The zero-order valence-electron chi connectivity index (χ0n) is 9.54. The molecule has 1 aliphatic rings. The van der Waals surface area contributed by atoms with Gasteiger partial charge in [0, 0.05) is 11.0 Å². The van der Waals surface area contributed by atoms with Gasteiger partial charge in [0.25, 0.3) is 0 Å². The standard InChI is InChI=1S/C12H14BrFN2O/c1-2-15-10-6-7-16(12(10)17)11-8(13)4-3-5-9(11)14/h3-5,10,15H,2,6-7H2,1H3. The molecule has 0 aliphatic carbocycles. The summed E-state index contributed by atoms with van der Waals surface area (Å²) in [6.45, 7) is 3.24. The molecule has 1 aliphatic heterocycles. The van der Waals surface area contributed by atoms with Crippen molar-refractivity contribution in [3.63, 3.8) is 0 Å². The second-order valence-electron chi connectivity index (χ2n) is 3.96. The molecule has 2 rings (SSSR count). The highest BCUT2D eigenvalue weighted by Gasteiger charge is 2.33. The number of amides is 1. The number of rotatable bonds is 3. The second-order valence-corrected chi connectivity index (χ2v) is 4.81. The predicted octanol–water partition coefficient (Wildman–Crippen LogP) is 2.30. The molecule has 1 atom stereocenters. The van der Waals surface area contributed by atoms with E-state index in [9.17, 15) is 9.18 Å². The summed E-state index contributed by atoms with van der Waals surface area (Å²) >= 11 is 3.29. The van der Waals surface area contributed by atoms with Gasteiger partial charge in [-0.05, 0) is 41.0 Å². The van der Waals surface area contributed by atoms with E-state index in [0.717, 1.165) is 6.54 Å². The van der Waals surface area contributed by atoms with Gasteiger partial charge in [-0.2, -0.15) is 0 Å². The Morgan fingerprint density at radius 2 is 2.35 bits per heavy atom. The zero-order valence-corrected chi connectivity index (χ0v) is 11.1. The van der Waals surface area contributed by atoms with Gasteiger partial charge in [0.15, 0.2) is 0 Å². The molecule has 0 radical (unpaired) electrons. The number of likely N-dealkylation sites (N-methyl/N-ethyl adjacent to an activating group) is 1. The number of halogens is 2. The highest BCUT2D eigenvalue weighted by Crippen LogP contribution is 2.32. The molecule has 1 unspecified atom stereocenters. The first-order chi connectivity index (χ1) is 8.15. The van der Waals surface area contributed by atoms with E-state index in [0.29, 0.717) is 23.1 Å². The van der Waals surface area contributed by atoms with Crippen LogP contribution in [0.1, 0.15) is 13.3 Å². The molecule has 3 nitrogen and oxygen atoms in total. The Labute approximate surface area is 108 Å². The Hall–Kier alpha value is -0.940. The van der Waals surface area contributed by atoms with Crippen molar-refractivity contribution in [3.05, 3.63) is 28.5 Å². The molecule has 1 N–H and O–H groups in total. The minimum absolute atomic E-state index is 0.0577. The van der Waals surface area contributed by atoms with Gasteiger partial charge >= 0.3 is 0 Å². The summed E-state index contributed by atoms with van der Waals surface area (Å²) in [5.41, 5.74) is 0.345. The number of carbonyl (C=O) groups excluding carboxylic acids is 1. The number of nitrogens with zero attached hydrogens (tertiary/aromatic N) is 1. The lowest BCUT2D eigenvalue weighted by molar-refractivity contribution is -0.118. The third kappa shape index (κ3) is 2.35. The van der Waals surface area contributed by atoms with Crippen LogP contribution in [0, 0.1) is 5.82 Å². The zero-order chi connectivity index (χ0) is 12.4. The van der Waals surface area contributed by atoms with E-state index < -0.39 is 0 Å². The van der Waals surface area contributed by atoms with E-state index in [4.69, 9.17) is 0 Å². The van der Waals surface area contributed by atoms with E-state index in [-0.39, 0.29) is 17.8 Å². The molecule has 0 saturated carbocycles. The molecular weight excluding hydrogens is 287 g/mol. The van der Waals surface area contributed by atoms with E-state index in [1.54, 1.807) is 12.1 Å². The number of hydrogen-bond donors (Lipinski definition) is 1. The summed E-state index contributed by atoms with van der Waals surface area (Å²) in [6, 6.07) is 4.54. The normalized spacial score (nSPS) is 20.1. The molecule has 1 aromatic rings. The van der Waals surface area contributed by atoms with Crippen LogP contribution >= 0.6 is 15.9 Å². The summed E-state index contributed by atoms with van der Waals surface area (Å²) < 4.78 is 14.4. The van der Waals surface area contributed by atoms with E-state index in [1.807, 2.05) is 6.92 Å². The molecule has 0 spiro atoms. The van der Waals surface area contributed by atoms with E-state index >= 15 is 0 Å². The molecular formula is C12H14BrFN2O. The van der Waals surface area contributed by atoms with Crippen LogP contribution in [0.4, 0.5) is 10.1 Å². The van der Waals surface area contributed by atoms with Crippen LogP contribution in [-0.4, -0.2) is 25.0 Å². The number of para-hydroxylation sites is 1. The monoisotopic (exact) mass is 300 g/mol. The van der Waals surface area contributed by atoms with Gasteiger partial charge in [-0.25, -0.2) is 4.39 Å². The largest absolute Gasteiger partial charge is 0.307 e. The van der Waals surface area contributed by atoms with Gasteiger partial charge in [-0.3, -0.25) is 4.79 Å². The van der Waals surface area contributed by atoms with Crippen molar-refractivity contribution >= 4 is 27.5 Å². The maximum atomic E-state index is 13.7. The van der Waals surface area contributed by atoms with Crippen LogP contribution in [0.25, 0.3) is 0 Å². The SMILES string of the molecule is CCNC1CCN(c2c(F)cccc2Br)C1=O. The van der Waals surface area contributed by atoms with Gasteiger partial charge in [0.05, 0.1) is 11.7 Å². The second kappa shape index (κ2) is 5.14. The lowest BCUT2D eigenvalue weighted by Gasteiger charge is -2.19. The predicted molar refractivity (Wildman–Crippen MR) is 68.5 cm³/mol. The molecule has 92 valence electrons. The molecule has 1 heterocycles. The van der Waals surface area contributed by atoms with Gasteiger partial charge in [0.1, 0.15) is 5.82 Å². The Morgan fingerprint density at radius 3 is 3.00 bits per heavy atom. The molecule has 17 heavy (non-hydrogen) atoms. The van der Waals surface area contributed by atoms with Crippen molar-refractivity contribution in [2.75, 3.05) is 18.0 Å². The number of carbonyl (C=O) groups is 1. The average Bonchev–Trinajstić information content (AvgIpc) is 2.62. The van der Waals surface area contributed by atoms with Crippen LogP contribution in [0.5, 0.6) is 0 Å². The number of anilines is 1. The fourth-order valence-electron chi connectivity index (χ4n) is 2.08. The van der Waals surface area contributed by atoms with Gasteiger partial charge in [-0.15, -0.1) is 0 Å². The Balaban J connectivity index is 2.27. The quantitative estimate of drug-likeness (QED) is 0.929.